The van der Waals surface area contributed by atoms with Crippen molar-refractivity contribution in [1.82, 2.24) is 19.4 Å². The number of H-pyrrole nitrogens is 1. The van der Waals surface area contributed by atoms with Crippen molar-refractivity contribution in [3.8, 4) is 0 Å². The van der Waals surface area contributed by atoms with Crippen LogP contribution in [0.3, 0.4) is 0 Å². The maximum Gasteiger partial charge on any atom is 0.326 e. The van der Waals surface area contributed by atoms with E-state index in [1.54, 1.807) is 0 Å². The van der Waals surface area contributed by atoms with Gasteiger partial charge >= 0.3 is 5.69 Å². The first-order valence-electron chi connectivity index (χ1n) is 11.7. The average molecular weight is 477 g/mol. The first-order chi connectivity index (χ1) is 16.3. The maximum atomic E-state index is 12.3. The van der Waals surface area contributed by atoms with E-state index < -0.39 is 0 Å². The summed E-state index contributed by atoms with van der Waals surface area (Å²) < 4.78 is 3.35. The third-order valence-electron chi connectivity index (χ3n) is 6.97. The largest absolute Gasteiger partial charge is 0.326 e. The monoisotopic (exact) mass is 476 g/mol. The van der Waals surface area contributed by atoms with Gasteiger partial charge in [-0.05, 0) is 53.2 Å². The van der Waals surface area contributed by atoms with Gasteiger partial charge < -0.3 is 9.88 Å². The fraction of sp³-hybridized carbons (Fsp3) is 0.346. The van der Waals surface area contributed by atoms with E-state index >= 15 is 0 Å². The number of hydrogen-bond donors (Lipinski definition) is 1. The molecule has 2 aromatic heterocycles. The van der Waals surface area contributed by atoms with E-state index in [2.05, 4.69) is 50.5 Å². The fourth-order valence-electron chi connectivity index (χ4n) is 5.29. The van der Waals surface area contributed by atoms with Crippen molar-refractivity contribution < 1.29 is 0 Å². The Morgan fingerprint density at radius 3 is 2.64 bits per heavy atom. The molecule has 1 atom stereocenters. The quantitative estimate of drug-likeness (QED) is 0.450. The first kappa shape index (κ1) is 21.2. The molecule has 0 radical (unpaired) electrons. The zero-order chi connectivity index (χ0) is 22.2. The summed E-state index contributed by atoms with van der Waals surface area (Å²) in [5.41, 5.74) is 6.37. The molecule has 1 fully saturated rings. The van der Waals surface area contributed by atoms with Gasteiger partial charge in [-0.25, -0.2) is 4.79 Å². The van der Waals surface area contributed by atoms with Crippen LogP contribution >= 0.6 is 23.1 Å². The van der Waals surface area contributed by atoms with E-state index in [9.17, 15) is 4.79 Å². The Kier molecular flexibility index (Phi) is 5.88. The lowest BCUT2D eigenvalue weighted by molar-refractivity contribution is 0.107. The summed E-state index contributed by atoms with van der Waals surface area (Å²) in [7, 11) is 0. The van der Waals surface area contributed by atoms with Crippen molar-refractivity contribution in [2.75, 3.05) is 32.7 Å². The number of aromatic amines is 1. The summed E-state index contributed by atoms with van der Waals surface area (Å²) in [6.07, 6.45) is 0.985. The molecule has 0 spiro atoms. The molecular weight excluding hydrogens is 448 g/mol. The average Bonchev–Trinajstić information content (AvgIpc) is 3.39. The predicted molar refractivity (Wildman–Crippen MR) is 137 cm³/mol. The molecular formula is C26H28N4OS2. The number of rotatable bonds is 5. The van der Waals surface area contributed by atoms with Crippen LogP contribution in [0.4, 0.5) is 0 Å². The van der Waals surface area contributed by atoms with Gasteiger partial charge in [0.05, 0.1) is 21.3 Å². The molecule has 1 N–H and O–H groups in total. The molecule has 0 bridgehead atoms. The minimum Gasteiger partial charge on any atom is -0.306 e. The smallest absolute Gasteiger partial charge is 0.306 e. The Morgan fingerprint density at radius 1 is 0.909 bits per heavy atom. The van der Waals surface area contributed by atoms with Crippen LogP contribution in [0.2, 0.25) is 0 Å². The number of aromatic nitrogens is 2. The number of piperazine rings is 1. The molecule has 4 heterocycles. The van der Waals surface area contributed by atoms with Gasteiger partial charge in [0.1, 0.15) is 0 Å². The minimum atomic E-state index is -0.00233. The lowest BCUT2D eigenvalue weighted by Crippen LogP contribution is -2.48. The second-order valence-electron chi connectivity index (χ2n) is 8.88. The summed E-state index contributed by atoms with van der Waals surface area (Å²) in [6, 6.07) is 19.6. The molecule has 7 heteroatoms. The van der Waals surface area contributed by atoms with E-state index in [0.29, 0.717) is 6.04 Å². The molecule has 1 saturated heterocycles. The van der Waals surface area contributed by atoms with Gasteiger partial charge in [0, 0.05) is 38.5 Å². The SMILES string of the molecule is O=c1[nH]c2ccccc2n1CCCN1CCN(C2c3ccccc3CSc3sccc32)CC1. The third-order valence-corrected chi connectivity index (χ3v) is 9.29. The Balaban J connectivity index is 1.11. The Hall–Kier alpha value is -2.32. The Labute approximate surface area is 202 Å². The second-order valence-corrected chi connectivity index (χ2v) is 11.0. The Bertz CT molecular complexity index is 1320. The number of imidazole rings is 1. The predicted octanol–water partition coefficient (Wildman–Crippen LogP) is 4.79. The van der Waals surface area contributed by atoms with Crippen molar-refractivity contribution in [3.63, 3.8) is 0 Å². The minimum absolute atomic E-state index is 0.00233. The van der Waals surface area contributed by atoms with Gasteiger partial charge in [0.2, 0.25) is 0 Å². The van der Waals surface area contributed by atoms with Gasteiger partial charge in [-0.1, -0.05) is 36.4 Å². The highest BCUT2D eigenvalue weighted by Gasteiger charge is 2.31. The van der Waals surface area contributed by atoms with Crippen molar-refractivity contribution >= 4 is 34.1 Å². The van der Waals surface area contributed by atoms with E-state index in [0.717, 1.165) is 62.5 Å². The lowest BCUT2D eigenvalue weighted by Gasteiger charge is -2.39. The highest BCUT2D eigenvalue weighted by atomic mass is 32.2. The number of fused-ring (bicyclic) bond motifs is 3. The molecule has 4 aromatic rings. The van der Waals surface area contributed by atoms with Crippen LogP contribution in [-0.4, -0.2) is 52.1 Å². The lowest BCUT2D eigenvalue weighted by atomic mass is 9.95. The third kappa shape index (κ3) is 4.08. The molecule has 1 unspecified atom stereocenters. The standard InChI is InChI=1S/C26H28N4OS2/c31-26-27-22-8-3-4-9-23(22)30(26)12-5-11-28-13-15-29(16-14-28)24-20-7-2-1-6-19(20)18-33-25-21(24)10-17-32-25/h1-4,6-10,17,24H,5,11-16,18H2,(H,27,31). The number of thiophene rings is 1. The van der Waals surface area contributed by atoms with Crippen LogP contribution in [-0.2, 0) is 12.3 Å². The summed E-state index contributed by atoms with van der Waals surface area (Å²) in [5, 5.41) is 2.25. The van der Waals surface area contributed by atoms with Crippen LogP contribution in [0.1, 0.15) is 29.2 Å². The molecule has 0 aliphatic carbocycles. The number of aryl methyl sites for hydroxylation is 1. The van der Waals surface area contributed by atoms with E-state index in [4.69, 9.17) is 0 Å². The molecule has 170 valence electrons. The number of hydrogen-bond acceptors (Lipinski definition) is 5. The van der Waals surface area contributed by atoms with Crippen molar-refractivity contribution in [2.24, 2.45) is 0 Å². The molecule has 6 rings (SSSR count). The number of nitrogens with one attached hydrogen (secondary N) is 1. The highest BCUT2D eigenvalue weighted by Crippen LogP contribution is 2.44. The highest BCUT2D eigenvalue weighted by molar-refractivity contribution is 8.00. The van der Waals surface area contributed by atoms with Gasteiger partial charge in [-0.2, -0.15) is 0 Å². The van der Waals surface area contributed by atoms with Crippen molar-refractivity contribution in [1.29, 1.82) is 0 Å². The summed E-state index contributed by atoms with van der Waals surface area (Å²) in [4.78, 5) is 20.5. The topological polar surface area (TPSA) is 44.3 Å². The molecule has 5 nitrogen and oxygen atoms in total. The van der Waals surface area contributed by atoms with Crippen molar-refractivity contribution in [3.05, 3.63) is 87.2 Å². The molecule has 2 aliphatic rings. The first-order valence-corrected chi connectivity index (χ1v) is 13.6. The van der Waals surface area contributed by atoms with Gasteiger partial charge in [-0.3, -0.25) is 9.47 Å². The van der Waals surface area contributed by atoms with Crippen LogP contribution in [0, 0.1) is 0 Å². The molecule has 0 saturated carbocycles. The van der Waals surface area contributed by atoms with Gasteiger partial charge in [0.15, 0.2) is 0 Å². The van der Waals surface area contributed by atoms with Crippen molar-refractivity contribution in [2.45, 2.75) is 29.0 Å². The maximum absolute atomic E-state index is 12.3. The molecule has 2 aliphatic heterocycles. The fourth-order valence-corrected chi connectivity index (χ4v) is 7.45. The molecule has 2 aromatic carbocycles. The van der Waals surface area contributed by atoms with Gasteiger partial charge in [0.25, 0.3) is 0 Å². The molecule has 0 amide bonds. The number of para-hydroxylation sites is 2. The summed E-state index contributed by atoms with van der Waals surface area (Å²) in [5.74, 6) is 1.06. The van der Waals surface area contributed by atoms with E-state index in [1.807, 2.05) is 51.9 Å². The summed E-state index contributed by atoms with van der Waals surface area (Å²) >= 11 is 3.87. The van der Waals surface area contributed by atoms with Crippen LogP contribution in [0.25, 0.3) is 11.0 Å². The van der Waals surface area contributed by atoms with Crippen LogP contribution in [0.15, 0.2) is 69.0 Å². The van der Waals surface area contributed by atoms with E-state index in [1.165, 1.54) is 20.9 Å². The number of nitrogens with zero attached hydrogens (tertiary/aromatic N) is 3. The van der Waals surface area contributed by atoms with Crippen LogP contribution < -0.4 is 5.69 Å². The number of benzene rings is 2. The zero-order valence-electron chi connectivity index (χ0n) is 18.6. The van der Waals surface area contributed by atoms with Gasteiger partial charge in [-0.15, -0.1) is 23.1 Å². The normalized spacial score (nSPS) is 19.3. The molecule has 33 heavy (non-hydrogen) atoms. The second kappa shape index (κ2) is 9.14. The van der Waals surface area contributed by atoms with E-state index in [-0.39, 0.29) is 5.69 Å². The zero-order valence-corrected chi connectivity index (χ0v) is 20.2. The summed E-state index contributed by atoms with van der Waals surface area (Å²) in [6.45, 7) is 6.09. The Morgan fingerprint density at radius 2 is 1.73 bits per heavy atom. The number of thioether (sulfide) groups is 1. The van der Waals surface area contributed by atoms with Crippen LogP contribution in [0.5, 0.6) is 0 Å².